The number of ether oxygens (including phenoxy) is 1. The van der Waals surface area contributed by atoms with Crippen molar-refractivity contribution in [1.82, 2.24) is 10.6 Å². The summed E-state index contributed by atoms with van der Waals surface area (Å²) in [5.41, 5.74) is 3.68. The minimum atomic E-state index is 0.232. The van der Waals surface area contributed by atoms with Crippen molar-refractivity contribution in [3.05, 3.63) is 43.8 Å². The third-order valence-corrected chi connectivity index (χ3v) is 12.2. The topological polar surface area (TPSA) is 33.3 Å². The van der Waals surface area contributed by atoms with E-state index in [1.165, 1.54) is 93.9 Å². The van der Waals surface area contributed by atoms with E-state index in [1.54, 1.807) is 10.4 Å². The average Bonchev–Trinajstić information content (AvgIpc) is 3.53. The standard InChI is InChI=1S/C19H31NS.C12H17NOS/c1-15(19(20-2)12-4-3-5-13-19)17-11-14-21-18(17)10-9-16-7-6-8-16;1-13-12(5-2-6-12)11-9-4-8-15-10(9)3-7-14-11/h11,14-16,20H,3-10,12-13H2,1-2H3;4,8,11,13H,2-3,5-7H2,1H3. The molecule has 2 aromatic heterocycles. The average molecular weight is 529 g/mol. The van der Waals surface area contributed by atoms with Gasteiger partial charge in [-0.1, -0.05) is 45.4 Å². The molecule has 3 aliphatic carbocycles. The molecule has 3 nitrogen and oxygen atoms in total. The Morgan fingerprint density at radius 1 is 0.944 bits per heavy atom. The Bertz CT molecular complexity index is 946. The Balaban J connectivity index is 0.000000156. The Kier molecular flexibility index (Phi) is 8.95. The molecule has 3 fully saturated rings. The summed E-state index contributed by atoms with van der Waals surface area (Å²) in [7, 11) is 4.26. The normalized spacial score (nSPS) is 25.6. The minimum absolute atomic E-state index is 0.232. The van der Waals surface area contributed by atoms with Crippen LogP contribution >= 0.6 is 22.7 Å². The SMILES string of the molecule is CNC1(C(C)c2ccsc2CCC2CCC2)CCCCC1.CNC1(C2OCCc3sccc32)CCC1. The summed E-state index contributed by atoms with van der Waals surface area (Å²) >= 11 is 3.88. The van der Waals surface area contributed by atoms with Gasteiger partial charge in [0.25, 0.3) is 0 Å². The molecule has 3 saturated carbocycles. The molecule has 0 radical (unpaired) electrons. The van der Waals surface area contributed by atoms with E-state index in [0.29, 0.717) is 17.6 Å². The highest BCUT2D eigenvalue weighted by Crippen LogP contribution is 2.47. The highest BCUT2D eigenvalue weighted by molar-refractivity contribution is 7.10. The van der Waals surface area contributed by atoms with Crippen molar-refractivity contribution in [3.8, 4) is 0 Å². The first-order valence-corrected chi connectivity index (χ1v) is 16.5. The van der Waals surface area contributed by atoms with Gasteiger partial charge in [-0.15, -0.1) is 22.7 Å². The third-order valence-electron chi connectivity index (χ3n) is 10.2. The summed E-state index contributed by atoms with van der Waals surface area (Å²) in [6.45, 7) is 3.36. The zero-order chi connectivity index (χ0) is 25.0. The lowest BCUT2D eigenvalue weighted by molar-refractivity contribution is -0.0549. The number of aryl methyl sites for hydroxylation is 1. The van der Waals surface area contributed by atoms with E-state index < -0.39 is 0 Å². The van der Waals surface area contributed by atoms with Crippen LogP contribution in [-0.2, 0) is 17.6 Å². The van der Waals surface area contributed by atoms with Crippen LogP contribution < -0.4 is 10.6 Å². The van der Waals surface area contributed by atoms with Crippen LogP contribution in [0.4, 0.5) is 0 Å². The van der Waals surface area contributed by atoms with Crippen molar-refractivity contribution in [2.24, 2.45) is 5.92 Å². The van der Waals surface area contributed by atoms with E-state index in [1.807, 2.05) is 22.7 Å². The third kappa shape index (κ3) is 5.38. The molecular weight excluding hydrogens is 480 g/mol. The molecule has 2 atom stereocenters. The van der Waals surface area contributed by atoms with E-state index in [2.05, 4.69) is 54.5 Å². The van der Waals surface area contributed by atoms with Crippen LogP contribution in [-0.4, -0.2) is 31.8 Å². The Morgan fingerprint density at radius 2 is 1.72 bits per heavy atom. The van der Waals surface area contributed by atoms with Gasteiger partial charge in [0.1, 0.15) is 6.10 Å². The molecule has 4 aliphatic rings. The predicted molar refractivity (Wildman–Crippen MR) is 156 cm³/mol. The summed E-state index contributed by atoms with van der Waals surface area (Å²) < 4.78 is 6.01. The van der Waals surface area contributed by atoms with E-state index >= 15 is 0 Å². The molecule has 0 spiro atoms. The Morgan fingerprint density at radius 3 is 2.36 bits per heavy atom. The van der Waals surface area contributed by atoms with Gasteiger partial charge in [-0.25, -0.2) is 0 Å². The maximum absolute atomic E-state index is 6.01. The zero-order valence-electron chi connectivity index (χ0n) is 22.9. The first-order valence-electron chi connectivity index (χ1n) is 14.7. The zero-order valence-corrected chi connectivity index (χ0v) is 24.5. The molecule has 3 heterocycles. The van der Waals surface area contributed by atoms with Crippen LogP contribution in [0.2, 0.25) is 0 Å². The molecule has 1 aliphatic heterocycles. The highest BCUT2D eigenvalue weighted by atomic mass is 32.1. The maximum Gasteiger partial charge on any atom is 0.102 e. The van der Waals surface area contributed by atoms with Crippen molar-refractivity contribution in [3.63, 3.8) is 0 Å². The second-order valence-corrected chi connectivity index (χ2v) is 13.9. The van der Waals surface area contributed by atoms with Crippen LogP contribution in [0.5, 0.6) is 0 Å². The van der Waals surface area contributed by atoms with Gasteiger partial charge in [0.15, 0.2) is 0 Å². The van der Waals surface area contributed by atoms with E-state index in [4.69, 9.17) is 4.74 Å². The highest BCUT2D eigenvalue weighted by Gasteiger charge is 2.46. The monoisotopic (exact) mass is 528 g/mol. The quantitative estimate of drug-likeness (QED) is 0.364. The van der Waals surface area contributed by atoms with Crippen molar-refractivity contribution >= 4 is 22.7 Å². The number of rotatable bonds is 8. The summed E-state index contributed by atoms with van der Waals surface area (Å²) in [5.74, 6) is 1.69. The minimum Gasteiger partial charge on any atom is -0.371 e. The first kappa shape index (κ1) is 26.9. The molecule has 0 saturated heterocycles. The molecule has 2 aromatic rings. The van der Waals surface area contributed by atoms with Crippen LogP contribution in [0.25, 0.3) is 0 Å². The lowest BCUT2D eigenvalue weighted by Crippen LogP contribution is -2.55. The van der Waals surface area contributed by atoms with E-state index in [9.17, 15) is 0 Å². The fourth-order valence-electron chi connectivity index (χ4n) is 7.24. The van der Waals surface area contributed by atoms with Crippen LogP contribution in [0.15, 0.2) is 22.9 Å². The molecule has 36 heavy (non-hydrogen) atoms. The predicted octanol–water partition coefficient (Wildman–Crippen LogP) is 8.01. The molecule has 0 aromatic carbocycles. The number of hydrogen-bond acceptors (Lipinski definition) is 5. The summed E-state index contributed by atoms with van der Waals surface area (Å²) in [4.78, 5) is 3.21. The van der Waals surface area contributed by atoms with Gasteiger partial charge in [0.05, 0.1) is 6.61 Å². The van der Waals surface area contributed by atoms with Crippen molar-refractivity contribution in [2.45, 2.75) is 120 Å². The molecule has 5 heteroatoms. The molecule has 0 amide bonds. The maximum atomic E-state index is 6.01. The first-order chi connectivity index (χ1) is 17.6. The molecule has 2 N–H and O–H groups in total. The number of nitrogens with one attached hydrogen (secondary N) is 2. The van der Waals surface area contributed by atoms with Crippen LogP contribution in [0.1, 0.15) is 117 Å². The second-order valence-electron chi connectivity index (χ2n) is 11.9. The van der Waals surface area contributed by atoms with E-state index in [0.717, 1.165) is 18.9 Å². The number of hydrogen-bond donors (Lipinski definition) is 2. The van der Waals surface area contributed by atoms with E-state index in [-0.39, 0.29) is 5.54 Å². The summed E-state index contributed by atoms with van der Waals surface area (Å²) in [6.07, 6.45) is 19.3. The van der Waals surface area contributed by atoms with Gasteiger partial charge in [-0.3, -0.25) is 0 Å². The lowest BCUT2D eigenvalue weighted by Gasteiger charge is -2.48. The van der Waals surface area contributed by atoms with Gasteiger partial charge in [-0.05, 0) is 99.0 Å². The van der Waals surface area contributed by atoms with Crippen LogP contribution in [0, 0.1) is 5.92 Å². The smallest absolute Gasteiger partial charge is 0.102 e. The lowest BCUT2D eigenvalue weighted by atomic mass is 9.70. The Hall–Kier alpha value is -0.720. The van der Waals surface area contributed by atoms with Gasteiger partial charge < -0.3 is 15.4 Å². The van der Waals surface area contributed by atoms with Gasteiger partial charge in [0, 0.05) is 33.2 Å². The van der Waals surface area contributed by atoms with Gasteiger partial charge in [-0.2, -0.15) is 0 Å². The molecular formula is C31H48N2OS2. The fraction of sp³-hybridized carbons (Fsp3) is 0.742. The number of thiophene rings is 2. The summed E-state index contributed by atoms with van der Waals surface area (Å²) in [6, 6.07) is 4.67. The number of likely N-dealkylation sites (N-methyl/N-ethyl adjacent to an activating group) is 2. The Labute approximate surface area is 227 Å². The van der Waals surface area contributed by atoms with Crippen molar-refractivity contribution < 1.29 is 4.74 Å². The van der Waals surface area contributed by atoms with Crippen LogP contribution in [0.3, 0.4) is 0 Å². The number of fused-ring (bicyclic) bond motifs is 1. The molecule has 6 rings (SSSR count). The van der Waals surface area contributed by atoms with Crippen molar-refractivity contribution in [2.75, 3.05) is 20.7 Å². The molecule has 200 valence electrons. The second kappa shape index (κ2) is 12.0. The largest absolute Gasteiger partial charge is 0.371 e. The van der Waals surface area contributed by atoms with Crippen molar-refractivity contribution in [1.29, 1.82) is 0 Å². The molecule has 2 unspecified atom stereocenters. The fourth-order valence-corrected chi connectivity index (χ4v) is 9.13. The van der Waals surface area contributed by atoms with Gasteiger partial charge in [0.2, 0.25) is 0 Å². The molecule has 0 bridgehead atoms. The summed E-state index contributed by atoms with van der Waals surface area (Å²) in [5, 5.41) is 11.7. The van der Waals surface area contributed by atoms with Gasteiger partial charge >= 0.3 is 0 Å².